The smallest absolute Gasteiger partial charge is 0.0202 e. The van der Waals surface area contributed by atoms with E-state index >= 15 is 0 Å². The normalized spacial score (nSPS) is 13.3. The van der Waals surface area contributed by atoms with Crippen molar-refractivity contribution in [3.05, 3.63) is 24.8 Å². The predicted octanol–water partition coefficient (Wildman–Crippen LogP) is 5.12. The number of allylic oxidation sites excluding steroid dienone is 3. The molecule has 14 heavy (non-hydrogen) atoms. The zero-order valence-corrected chi connectivity index (χ0v) is 9.97. The van der Waals surface area contributed by atoms with Crippen molar-refractivity contribution in [1.82, 2.24) is 0 Å². The molecule has 0 aromatic rings. The highest BCUT2D eigenvalue weighted by Crippen LogP contribution is 2.16. The van der Waals surface area contributed by atoms with Crippen LogP contribution in [-0.2, 0) is 0 Å². The van der Waals surface area contributed by atoms with Gasteiger partial charge in [-0.15, -0.1) is 6.58 Å². The second-order valence-corrected chi connectivity index (χ2v) is 4.00. The summed E-state index contributed by atoms with van der Waals surface area (Å²) in [5.74, 6) is 0.702. The van der Waals surface area contributed by atoms with Crippen molar-refractivity contribution >= 4 is 0 Å². The first-order valence-electron chi connectivity index (χ1n) is 6.08. The van der Waals surface area contributed by atoms with Crippen molar-refractivity contribution in [2.45, 2.75) is 58.8 Å². The van der Waals surface area contributed by atoms with E-state index in [2.05, 4.69) is 38.7 Å². The third-order valence-electron chi connectivity index (χ3n) is 2.69. The molecule has 0 rings (SSSR count). The molecule has 82 valence electrons. The van der Waals surface area contributed by atoms with Gasteiger partial charge in [0.15, 0.2) is 0 Å². The lowest BCUT2D eigenvalue weighted by atomic mass is 9.97. The molecule has 0 aliphatic heterocycles. The molecule has 0 spiro atoms. The summed E-state index contributed by atoms with van der Waals surface area (Å²) in [6, 6.07) is 0. The van der Waals surface area contributed by atoms with Gasteiger partial charge in [-0.1, -0.05) is 57.3 Å². The monoisotopic (exact) mass is 194 g/mol. The molecular weight excluding hydrogens is 168 g/mol. The van der Waals surface area contributed by atoms with Gasteiger partial charge in [0, 0.05) is 0 Å². The van der Waals surface area contributed by atoms with Crippen LogP contribution in [0.2, 0.25) is 0 Å². The van der Waals surface area contributed by atoms with Gasteiger partial charge in [-0.25, -0.2) is 0 Å². The summed E-state index contributed by atoms with van der Waals surface area (Å²) >= 11 is 0. The van der Waals surface area contributed by atoms with Crippen LogP contribution in [-0.4, -0.2) is 0 Å². The molecule has 0 bridgehead atoms. The fraction of sp³-hybridized carbons (Fsp3) is 0.714. The summed E-state index contributed by atoms with van der Waals surface area (Å²) in [5, 5.41) is 0. The Hall–Kier alpha value is -0.520. The molecule has 0 amide bonds. The summed E-state index contributed by atoms with van der Waals surface area (Å²) in [7, 11) is 0. The Bertz CT molecular complexity index is 144. The third-order valence-corrected chi connectivity index (χ3v) is 2.69. The predicted molar refractivity (Wildman–Crippen MR) is 66.5 cm³/mol. The van der Waals surface area contributed by atoms with E-state index in [1.807, 2.05) is 0 Å². The minimum absolute atomic E-state index is 0.702. The van der Waals surface area contributed by atoms with Crippen LogP contribution in [0.15, 0.2) is 24.8 Å². The largest absolute Gasteiger partial charge is 0.103 e. The summed E-state index contributed by atoms with van der Waals surface area (Å²) in [6.07, 6.45) is 15.9. The van der Waals surface area contributed by atoms with Gasteiger partial charge >= 0.3 is 0 Å². The van der Waals surface area contributed by atoms with E-state index in [-0.39, 0.29) is 0 Å². The van der Waals surface area contributed by atoms with Crippen molar-refractivity contribution in [1.29, 1.82) is 0 Å². The molecule has 0 heteroatoms. The zero-order chi connectivity index (χ0) is 10.6. The van der Waals surface area contributed by atoms with E-state index in [1.54, 1.807) is 0 Å². The summed E-state index contributed by atoms with van der Waals surface area (Å²) in [4.78, 5) is 0. The fourth-order valence-electron chi connectivity index (χ4n) is 1.65. The average molecular weight is 194 g/mol. The van der Waals surface area contributed by atoms with Crippen LogP contribution in [0.1, 0.15) is 58.8 Å². The Labute approximate surface area is 90.1 Å². The lowest BCUT2D eigenvalue weighted by Gasteiger charge is -2.09. The molecule has 0 aromatic heterocycles. The first kappa shape index (κ1) is 13.5. The summed E-state index contributed by atoms with van der Waals surface area (Å²) < 4.78 is 0. The van der Waals surface area contributed by atoms with Crippen molar-refractivity contribution in [3.8, 4) is 0 Å². The van der Waals surface area contributed by atoms with E-state index in [9.17, 15) is 0 Å². The van der Waals surface area contributed by atoms with Crippen LogP contribution in [0.4, 0.5) is 0 Å². The summed E-state index contributed by atoms with van der Waals surface area (Å²) in [5.41, 5.74) is 0. The van der Waals surface area contributed by atoms with Gasteiger partial charge in [-0.05, 0) is 25.7 Å². The van der Waals surface area contributed by atoms with Gasteiger partial charge in [0.2, 0.25) is 0 Å². The van der Waals surface area contributed by atoms with E-state index in [1.165, 1.54) is 44.9 Å². The highest BCUT2D eigenvalue weighted by Gasteiger charge is 2.00. The molecule has 0 saturated carbocycles. The molecule has 0 nitrogen and oxygen atoms in total. The topological polar surface area (TPSA) is 0 Å². The lowest BCUT2D eigenvalue weighted by Crippen LogP contribution is -1.94. The molecule has 1 atom stereocenters. The maximum Gasteiger partial charge on any atom is -0.0202 e. The zero-order valence-electron chi connectivity index (χ0n) is 9.97. The van der Waals surface area contributed by atoms with E-state index < -0.39 is 0 Å². The minimum Gasteiger partial charge on any atom is -0.103 e. The Morgan fingerprint density at radius 2 is 1.86 bits per heavy atom. The van der Waals surface area contributed by atoms with Crippen LogP contribution >= 0.6 is 0 Å². The molecule has 0 N–H and O–H groups in total. The van der Waals surface area contributed by atoms with Crippen molar-refractivity contribution in [2.75, 3.05) is 0 Å². The maximum absolute atomic E-state index is 3.90. The van der Waals surface area contributed by atoms with Gasteiger partial charge in [0.1, 0.15) is 0 Å². The quantitative estimate of drug-likeness (QED) is 0.353. The van der Waals surface area contributed by atoms with Gasteiger partial charge in [0.25, 0.3) is 0 Å². The Morgan fingerprint density at radius 3 is 2.43 bits per heavy atom. The number of hydrogen-bond donors (Lipinski definition) is 0. The number of rotatable bonds is 9. The van der Waals surface area contributed by atoms with Crippen LogP contribution < -0.4 is 0 Å². The second-order valence-electron chi connectivity index (χ2n) is 4.00. The Morgan fingerprint density at radius 1 is 1.14 bits per heavy atom. The third kappa shape index (κ3) is 8.10. The van der Waals surface area contributed by atoms with Crippen molar-refractivity contribution in [3.63, 3.8) is 0 Å². The Balaban J connectivity index is 3.37. The number of unbranched alkanes of at least 4 members (excludes halogenated alkanes) is 4. The van der Waals surface area contributed by atoms with Crippen LogP contribution in [0.5, 0.6) is 0 Å². The van der Waals surface area contributed by atoms with Gasteiger partial charge in [-0.2, -0.15) is 0 Å². The standard InChI is InChI=1S/C14H26/c1-4-7-9-10-11-13-14(6-3)12-8-5-2/h5-6,8,14H,3-4,7,9-13H2,1-2H3/b8-5+. The maximum atomic E-state index is 3.90. The highest BCUT2D eigenvalue weighted by molar-refractivity contribution is 4.87. The van der Waals surface area contributed by atoms with Crippen LogP contribution in [0, 0.1) is 5.92 Å². The molecular formula is C14H26. The first-order chi connectivity index (χ1) is 6.85. The van der Waals surface area contributed by atoms with E-state index in [0.717, 1.165) is 0 Å². The molecule has 0 aliphatic rings. The minimum atomic E-state index is 0.702. The van der Waals surface area contributed by atoms with Gasteiger partial charge < -0.3 is 0 Å². The van der Waals surface area contributed by atoms with Crippen LogP contribution in [0.25, 0.3) is 0 Å². The molecule has 0 aliphatic carbocycles. The van der Waals surface area contributed by atoms with Crippen molar-refractivity contribution < 1.29 is 0 Å². The first-order valence-corrected chi connectivity index (χ1v) is 6.08. The van der Waals surface area contributed by atoms with E-state index in [0.29, 0.717) is 5.92 Å². The number of hydrogen-bond acceptors (Lipinski definition) is 0. The average Bonchev–Trinajstić information content (AvgIpc) is 2.22. The second kappa shape index (κ2) is 10.6. The summed E-state index contributed by atoms with van der Waals surface area (Å²) in [6.45, 7) is 8.24. The van der Waals surface area contributed by atoms with Gasteiger partial charge in [-0.3, -0.25) is 0 Å². The van der Waals surface area contributed by atoms with Crippen LogP contribution in [0.3, 0.4) is 0 Å². The molecule has 0 radical (unpaired) electrons. The SMILES string of the molecule is C=CC(C/C=C/C)CCCCCCC. The molecule has 0 heterocycles. The lowest BCUT2D eigenvalue weighted by molar-refractivity contribution is 0.527. The molecule has 1 unspecified atom stereocenters. The van der Waals surface area contributed by atoms with Crippen molar-refractivity contribution in [2.24, 2.45) is 5.92 Å². The molecule has 0 fully saturated rings. The molecule has 0 saturated heterocycles. The Kier molecular flexibility index (Phi) is 10.2. The van der Waals surface area contributed by atoms with Gasteiger partial charge in [0.05, 0.1) is 0 Å². The highest BCUT2D eigenvalue weighted by atomic mass is 14.1. The fourth-order valence-corrected chi connectivity index (χ4v) is 1.65. The molecule has 0 aromatic carbocycles. The van der Waals surface area contributed by atoms with E-state index in [4.69, 9.17) is 0 Å².